The van der Waals surface area contributed by atoms with Crippen molar-refractivity contribution in [3.8, 4) is 0 Å². The van der Waals surface area contributed by atoms with Crippen LogP contribution in [0.1, 0.15) is 50.5 Å². The second kappa shape index (κ2) is 15.5. The molecule has 2 saturated heterocycles. The Balaban J connectivity index is 0.00000342. The lowest BCUT2D eigenvalue weighted by molar-refractivity contribution is -0.131. The van der Waals surface area contributed by atoms with E-state index in [1.54, 1.807) is 0 Å². The zero-order chi connectivity index (χ0) is 23.4. The lowest BCUT2D eigenvalue weighted by Gasteiger charge is -2.32. The first kappa shape index (κ1) is 27.9. The average molecular weight is 501 g/mol. The molecule has 2 aromatic rings. The molecule has 2 heterocycles. The van der Waals surface area contributed by atoms with Crippen LogP contribution in [0.4, 0.5) is 0 Å². The molecule has 0 atom stereocenters. The van der Waals surface area contributed by atoms with E-state index in [9.17, 15) is 4.79 Å². The highest BCUT2D eigenvalue weighted by atomic mass is 35.5. The number of hydrogen-bond donors (Lipinski definition) is 2. The van der Waals surface area contributed by atoms with Crippen molar-refractivity contribution in [2.75, 3.05) is 58.9 Å². The number of fused-ring (bicyclic) bond motifs is 1. The number of nitrogens with zero attached hydrogens (tertiary/aromatic N) is 2. The molecule has 4 rings (SSSR count). The predicted molar refractivity (Wildman–Crippen MR) is 149 cm³/mol. The van der Waals surface area contributed by atoms with Gasteiger partial charge in [0.05, 0.1) is 6.42 Å². The highest BCUT2D eigenvalue weighted by Crippen LogP contribution is 2.21. The third-order valence-electron chi connectivity index (χ3n) is 7.63. The molecule has 0 radical (unpaired) electrons. The van der Waals surface area contributed by atoms with Crippen LogP contribution in [-0.2, 0) is 11.2 Å². The smallest absolute Gasteiger partial charge is 0.227 e. The second-order valence-electron chi connectivity index (χ2n) is 10.2. The van der Waals surface area contributed by atoms with Crippen LogP contribution in [-0.4, -0.2) is 74.6 Å². The fourth-order valence-electron chi connectivity index (χ4n) is 5.46. The molecular formula is C29H45ClN4O. The lowest BCUT2D eigenvalue weighted by atomic mass is 9.95. The highest BCUT2D eigenvalue weighted by molar-refractivity contribution is 5.90. The average Bonchev–Trinajstić information content (AvgIpc) is 2.89. The molecule has 35 heavy (non-hydrogen) atoms. The molecule has 2 aliphatic heterocycles. The SMILES string of the molecule is Cl.O=C(Cc1cccc2ccccc12)N1CCC(CNCCCCNCCN2CCCCC2)CC1. The Labute approximate surface area is 218 Å². The van der Waals surface area contributed by atoms with E-state index in [0.29, 0.717) is 12.3 Å². The summed E-state index contributed by atoms with van der Waals surface area (Å²) in [7, 11) is 0. The van der Waals surface area contributed by atoms with Gasteiger partial charge in [0.25, 0.3) is 0 Å². The van der Waals surface area contributed by atoms with Crippen LogP contribution >= 0.6 is 12.4 Å². The molecular weight excluding hydrogens is 456 g/mol. The van der Waals surface area contributed by atoms with E-state index in [-0.39, 0.29) is 18.3 Å². The van der Waals surface area contributed by atoms with Crippen molar-refractivity contribution in [1.82, 2.24) is 20.4 Å². The molecule has 0 aromatic heterocycles. The van der Waals surface area contributed by atoms with E-state index in [0.717, 1.165) is 57.7 Å². The number of unbranched alkanes of at least 4 members (excludes halogenated alkanes) is 1. The summed E-state index contributed by atoms with van der Waals surface area (Å²) in [4.78, 5) is 17.6. The zero-order valence-electron chi connectivity index (χ0n) is 21.4. The van der Waals surface area contributed by atoms with Crippen molar-refractivity contribution >= 4 is 29.1 Å². The van der Waals surface area contributed by atoms with Crippen LogP contribution in [0, 0.1) is 5.92 Å². The van der Waals surface area contributed by atoms with Gasteiger partial charge in [-0.3, -0.25) is 4.79 Å². The van der Waals surface area contributed by atoms with Gasteiger partial charge in [-0.05, 0) is 93.5 Å². The molecule has 2 aliphatic rings. The van der Waals surface area contributed by atoms with Crippen LogP contribution in [0.15, 0.2) is 42.5 Å². The minimum atomic E-state index is 0. The molecule has 194 valence electrons. The van der Waals surface area contributed by atoms with Crippen molar-refractivity contribution in [3.63, 3.8) is 0 Å². The van der Waals surface area contributed by atoms with E-state index in [1.165, 1.54) is 62.5 Å². The highest BCUT2D eigenvalue weighted by Gasteiger charge is 2.23. The number of benzene rings is 2. The molecule has 6 heteroatoms. The fourth-order valence-corrected chi connectivity index (χ4v) is 5.46. The van der Waals surface area contributed by atoms with E-state index in [4.69, 9.17) is 0 Å². The summed E-state index contributed by atoms with van der Waals surface area (Å²) in [5.41, 5.74) is 1.15. The van der Waals surface area contributed by atoms with Crippen LogP contribution in [0.5, 0.6) is 0 Å². The monoisotopic (exact) mass is 500 g/mol. The Morgan fingerprint density at radius 2 is 1.54 bits per heavy atom. The first-order valence-electron chi connectivity index (χ1n) is 13.7. The quantitative estimate of drug-likeness (QED) is 0.421. The summed E-state index contributed by atoms with van der Waals surface area (Å²) < 4.78 is 0. The summed E-state index contributed by atoms with van der Waals surface area (Å²) >= 11 is 0. The van der Waals surface area contributed by atoms with Gasteiger partial charge in [0.2, 0.25) is 5.91 Å². The Morgan fingerprint density at radius 1 is 0.829 bits per heavy atom. The van der Waals surface area contributed by atoms with Crippen molar-refractivity contribution in [2.24, 2.45) is 5.92 Å². The second-order valence-corrected chi connectivity index (χ2v) is 10.2. The van der Waals surface area contributed by atoms with Gasteiger partial charge >= 0.3 is 0 Å². The number of rotatable bonds is 12. The molecule has 0 aliphatic carbocycles. The molecule has 1 amide bonds. The third-order valence-corrected chi connectivity index (χ3v) is 7.63. The van der Waals surface area contributed by atoms with Gasteiger partial charge in [0.15, 0.2) is 0 Å². The summed E-state index contributed by atoms with van der Waals surface area (Å²) in [6.45, 7) is 10.1. The molecule has 5 nitrogen and oxygen atoms in total. The van der Waals surface area contributed by atoms with Crippen molar-refractivity contribution < 1.29 is 4.79 Å². The summed E-state index contributed by atoms with van der Waals surface area (Å²) in [6.07, 6.45) is 9.40. The number of piperidine rings is 2. The zero-order valence-corrected chi connectivity index (χ0v) is 22.2. The first-order chi connectivity index (χ1) is 16.8. The first-order valence-corrected chi connectivity index (χ1v) is 13.7. The lowest BCUT2D eigenvalue weighted by Crippen LogP contribution is -2.41. The van der Waals surface area contributed by atoms with E-state index in [1.807, 2.05) is 0 Å². The Morgan fingerprint density at radius 3 is 2.34 bits per heavy atom. The van der Waals surface area contributed by atoms with Gasteiger partial charge in [-0.25, -0.2) is 0 Å². The van der Waals surface area contributed by atoms with Crippen molar-refractivity contribution in [3.05, 3.63) is 48.0 Å². The maximum atomic E-state index is 12.9. The number of nitrogens with one attached hydrogen (secondary N) is 2. The molecule has 0 spiro atoms. The number of likely N-dealkylation sites (tertiary alicyclic amines) is 2. The molecule has 2 aromatic carbocycles. The number of carbonyl (C=O) groups is 1. The summed E-state index contributed by atoms with van der Waals surface area (Å²) in [6, 6.07) is 14.6. The standard InChI is InChI=1S/C29H44N4O.ClH/c34-29(23-27-11-8-10-26-9-2-3-12-28(26)27)33-20-13-25(14-21-33)24-31-16-5-4-15-30-17-22-32-18-6-1-7-19-32;/h2-3,8-12,25,30-31H,1,4-7,13-24H2;1H. The van der Waals surface area contributed by atoms with Crippen LogP contribution in [0.2, 0.25) is 0 Å². The number of hydrogen-bond acceptors (Lipinski definition) is 4. The van der Waals surface area contributed by atoms with Gasteiger partial charge in [0, 0.05) is 26.2 Å². The normalized spacial score (nSPS) is 17.4. The van der Waals surface area contributed by atoms with Crippen molar-refractivity contribution in [1.29, 1.82) is 0 Å². The molecule has 0 unspecified atom stereocenters. The van der Waals surface area contributed by atoms with E-state index < -0.39 is 0 Å². The molecule has 2 fully saturated rings. The Kier molecular flexibility index (Phi) is 12.3. The minimum Gasteiger partial charge on any atom is -0.342 e. The van der Waals surface area contributed by atoms with Crippen LogP contribution in [0.25, 0.3) is 10.8 Å². The van der Waals surface area contributed by atoms with E-state index in [2.05, 4.69) is 62.9 Å². The number of carbonyl (C=O) groups excluding carboxylic acids is 1. The fraction of sp³-hybridized carbons (Fsp3) is 0.621. The predicted octanol–water partition coefficient (Wildman–Crippen LogP) is 4.49. The minimum absolute atomic E-state index is 0. The van der Waals surface area contributed by atoms with Gasteiger partial charge in [-0.15, -0.1) is 12.4 Å². The Bertz CT molecular complexity index is 873. The number of amides is 1. The Hall–Kier alpha value is -1.66. The van der Waals surface area contributed by atoms with Crippen LogP contribution < -0.4 is 10.6 Å². The van der Waals surface area contributed by atoms with Crippen LogP contribution in [0.3, 0.4) is 0 Å². The summed E-state index contributed by atoms with van der Waals surface area (Å²) in [5, 5.41) is 9.69. The van der Waals surface area contributed by atoms with Crippen molar-refractivity contribution in [2.45, 2.75) is 51.4 Å². The molecule has 0 saturated carbocycles. The largest absolute Gasteiger partial charge is 0.342 e. The number of halogens is 1. The molecule has 2 N–H and O–H groups in total. The van der Waals surface area contributed by atoms with E-state index >= 15 is 0 Å². The van der Waals surface area contributed by atoms with Gasteiger partial charge in [-0.2, -0.15) is 0 Å². The topological polar surface area (TPSA) is 47.6 Å². The summed E-state index contributed by atoms with van der Waals surface area (Å²) in [5.74, 6) is 0.972. The maximum Gasteiger partial charge on any atom is 0.227 e. The van der Waals surface area contributed by atoms with Gasteiger partial charge in [-0.1, -0.05) is 48.9 Å². The third kappa shape index (κ3) is 9.05. The van der Waals surface area contributed by atoms with Gasteiger partial charge < -0.3 is 20.4 Å². The van der Waals surface area contributed by atoms with Gasteiger partial charge in [0.1, 0.15) is 0 Å². The maximum absolute atomic E-state index is 12.9. The molecule has 0 bridgehead atoms.